The third-order valence-electron chi connectivity index (χ3n) is 6.31. The number of allylic oxidation sites excluding steroid dienone is 1. The SMILES string of the molecule is C=CCP(=O)(OCc1ccccc1)OCC(OCCC(C)CCCC(C)CCCC(C)C)C(=O)OC. The van der Waals surface area contributed by atoms with E-state index in [0.717, 1.165) is 30.2 Å². The molecular formula is C29H49O6P. The number of benzene rings is 1. The number of hydrogen-bond donors (Lipinski definition) is 0. The topological polar surface area (TPSA) is 71.1 Å². The summed E-state index contributed by atoms with van der Waals surface area (Å²) in [6.07, 6.45) is 8.95. The van der Waals surface area contributed by atoms with E-state index < -0.39 is 19.7 Å². The van der Waals surface area contributed by atoms with Gasteiger partial charge in [0.15, 0.2) is 6.10 Å². The lowest BCUT2D eigenvalue weighted by Crippen LogP contribution is -2.31. The second-order valence-electron chi connectivity index (χ2n) is 10.3. The molecule has 0 heterocycles. The number of esters is 1. The van der Waals surface area contributed by atoms with Gasteiger partial charge in [-0.1, -0.05) is 103 Å². The van der Waals surface area contributed by atoms with Crippen LogP contribution in [0.2, 0.25) is 0 Å². The van der Waals surface area contributed by atoms with Crippen LogP contribution in [0.3, 0.4) is 0 Å². The quantitative estimate of drug-likeness (QED) is 0.0927. The fourth-order valence-electron chi connectivity index (χ4n) is 3.93. The number of carbonyl (C=O) groups is 1. The van der Waals surface area contributed by atoms with Crippen LogP contribution >= 0.6 is 7.60 Å². The summed E-state index contributed by atoms with van der Waals surface area (Å²) < 4.78 is 35.0. The normalized spacial score (nSPS) is 15.7. The molecule has 1 rings (SSSR count). The Hall–Kier alpha value is -1.46. The molecule has 0 saturated carbocycles. The first-order valence-corrected chi connectivity index (χ1v) is 15.1. The van der Waals surface area contributed by atoms with Crippen molar-refractivity contribution in [3.63, 3.8) is 0 Å². The van der Waals surface area contributed by atoms with Gasteiger partial charge in [-0.15, -0.1) is 6.58 Å². The molecule has 4 unspecified atom stereocenters. The highest BCUT2D eigenvalue weighted by Crippen LogP contribution is 2.49. The van der Waals surface area contributed by atoms with Gasteiger partial charge < -0.3 is 18.5 Å². The van der Waals surface area contributed by atoms with E-state index in [9.17, 15) is 9.36 Å². The standard InChI is InChI=1S/C29H49O6P/c1-7-21-36(31,34-22-27-17-9-8-10-18-27)35-23-28(29(30)32-6)33-20-19-26(5)16-12-15-25(4)14-11-13-24(2)3/h7-10,17-18,24-26,28H,1,11-16,19-23H2,2-6H3. The van der Waals surface area contributed by atoms with Gasteiger partial charge in [-0.3, -0.25) is 4.57 Å². The maximum Gasteiger partial charge on any atom is 0.337 e. The molecule has 1 aromatic carbocycles. The highest BCUT2D eigenvalue weighted by molar-refractivity contribution is 7.54. The Labute approximate surface area is 219 Å². The third-order valence-corrected chi connectivity index (χ3v) is 8.08. The average Bonchev–Trinajstić information content (AvgIpc) is 2.85. The minimum atomic E-state index is -3.48. The van der Waals surface area contributed by atoms with Crippen LogP contribution in [0.4, 0.5) is 0 Å². The molecule has 4 atom stereocenters. The van der Waals surface area contributed by atoms with Crippen molar-refractivity contribution in [3.05, 3.63) is 48.6 Å². The fraction of sp³-hybridized carbons (Fsp3) is 0.690. The molecule has 36 heavy (non-hydrogen) atoms. The van der Waals surface area contributed by atoms with Crippen molar-refractivity contribution in [1.29, 1.82) is 0 Å². The Morgan fingerprint density at radius 2 is 1.56 bits per heavy atom. The van der Waals surface area contributed by atoms with Crippen LogP contribution in [0.5, 0.6) is 0 Å². The van der Waals surface area contributed by atoms with Crippen molar-refractivity contribution in [2.24, 2.45) is 17.8 Å². The van der Waals surface area contributed by atoms with Crippen molar-refractivity contribution in [2.45, 2.75) is 85.4 Å². The van der Waals surface area contributed by atoms with E-state index in [0.29, 0.717) is 12.5 Å². The highest BCUT2D eigenvalue weighted by Gasteiger charge is 2.29. The number of carbonyl (C=O) groups excluding carboxylic acids is 1. The predicted octanol–water partition coefficient (Wildman–Crippen LogP) is 7.82. The van der Waals surface area contributed by atoms with E-state index >= 15 is 0 Å². The van der Waals surface area contributed by atoms with Gasteiger partial charge in [0.1, 0.15) is 0 Å². The zero-order chi connectivity index (χ0) is 26.8. The zero-order valence-electron chi connectivity index (χ0n) is 23.2. The van der Waals surface area contributed by atoms with Crippen molar-refractivity contribution in [1.82, 2.24) is 0 Å². The van der Waals surface area contributed by atoms with Crippen LogP contribution in [-0.2, 0) is 34.5 Å². The maximum absolute atomic E-state index is 13.1. The lowest BCUT2D eigenvalue weighted by Gasteiger charge is -2.22. The van der Waals surface area contributed by atoms with Gasteiger partial charge in [0.25, 0.3) is 0 Å². The number of rotatable bonds is 21. The first-order valence-electron chi connectivity index (χ1n) is 13.4. The minimum Gasteiger partial charge on any atom is -0.467 e. The molecule has 1 aromatic rings. The maximum atomic E-state index is 13.1. The van der Waals surface area contributed by atoms with Gasteiger partial charge in [-0.05, 0) is 29.7 Å². The molecule has 0 aliphatic heterocycles. The number of methoxy groups -OCH3 is 1. The van der Waals surface area contributed by atoms with Crippen LogP contribution in [0.1, 0.15) is 78.2 Å². The summed E-state index contributed by atoms with van der Waals surface area (Å²) in [5.74, 6) is 1.50. The first kappa shape index (κ1) is 32.6. The third kappa shape index (κ3) is 14.9. The molecule has 0 aliphatic carbocycles. The molecule has 0 saturated heterocycles. The summed E-state index contributed by atoms with van der Waals surface area (Å²) >= 11 is 0. The molecular weight excluding hydrogens is 475 g/mol. The van der Waals surface area contributed by atoms with Crippen molar-refractivity contribution in [3.8, 4) is 0 Å². The van der Waals surface area contributed by atoms with E-state index in [1.807, 2.05) is 30.3 Å². The molecule has 7 heteroatoms. The van der Waals surface area contributed by atoms with Gasteiger partial charge >= 0.3 is 13.6 Å². The molecule has 206 valence electrons. The lowest BCUT2D eigenvalue weighted by atomic mass is 9.93. The lowest BCUT2D eigenvalue weighted by molar-refractivity contribution is -0.156. The summed E-state index contributed by atoms with van der Waals surface area (Å²) in [5, 5.41) is 0. The zero-order valence-corrected chi connectivity index (χ0v) is 24.0. The summed E-state index contributed by atoms with van der Waals surface area (Å²) in [7, 11) is -2.18. The number of hydrogen-bond acceptors (Lipinski definition) is 6. The van der Waals surface area contributed by atoms with Gasteiger partial charge in [0, 0.05) is 6.61 Å². The van der Waals surface area contributed by atoms with Crippen LogP contribution in [-0.4, -0.2) is 38.6 Å². The number of ether oxygens (including phenoxy) is 2. The first-order chi connectivity index (χ1) is 17.2. The molecule has 0 amide bonds. The molecule has 0 bridgehead atoms. The van der Waals surface area contributed by atoms with Gasteiger partial charge in [0.05, 0.1) is 26.5 Å². The minimum absolute atomic E-state index is 0.0423. The second kappa shape index (κ2) is 18.7. The Morgan fingerprint density at radius 1 is 0.944 bits per heavy atom. The van der Waals surface area contributed by atoms with Crippen LogP contribution in [0, 0.1) is 17.8 Å². The van der Waals surface area contributed by atoms with Crippen molar-refractivity contribution < 1.29 is 27.9 Å². The van der Waals surface area contributed by atoms with E-state index in [2.05, 4.69) is 34.3 Å². The Bertz CT molecular complexity index is 766. The molecule has 0 aliphatic rings. The van der Waals surface area contributed by atoms with Crippen molar-refractivity contribution >= 4 is 13.6 Å². The van der Waals surface area contributed by atoms with E-state index in [4.69, 9.17) is 18.5 Å². The average molecular weight is 525 g/mol. The summed E-state index contributed by atoms with van der Waals surface area (Å²) in [6, 6.07) is 9.43. The monoisotopic (exact) mass is 524 g/mol. The summed E-state index contributed by atoms with van der Waals surface area (Å²) in [4.78, 5) is 12.2. The molecule has 0 fully saturated rings. The van der Waals surface area contributed by atoms with E-state index in [1.165, 1.54) is 45.3 Å². The Morgan fingerprint density at radius 3 is 2.14 bits per heavy atom. The molecule has 0 N–H and O–H groups in total. The summed E-state index contributed by atoms with van der Waals surface area (Å²) in [6.45, 7) is 13.1. The largest absolute Gasteiger partial charge is 0.467 e. The Balaban J connectivity index is 2.43. The smallest absolute Gasteiger partial charge is 0.337 e. The van der Waals surface area contributed by atoms with Crippen LogP contribution < -0.4 is 0 Å². The van der Waals surface area contributed by atoms with Gasteiger partial charge in [0.2, 0.25) is 0 Å². The molecule has 0 radical (unpaired) electrons. The summed E-state index contributed by atoms with van der Waals surface area (Å²) in [5.41, 5.74) is 0.880. The fourth-order valence-corrected chi connectivity index (χ4v) is 5.24. The second-order valence-corrected chi connectivity index (χ2v) is 12.4. The highest BCUT2D eigenvalue weighted by atomic mass is 31.2. The van der Waals surface area contributed by atoms with E-state index in [1.54, 1.807) is 0 Å². The van der Waals surface area contributed by atoms with Crippen LogP contribution in [0.15, 0.2) is 43.0 Å². The molecule has 0 spiro atoms. The molecule has 0 aromatic heterocycles. The van der Waals surface area contributed by atoms with Crippen LogP contribution in [0.25, 0.3) is 0 Å². The predicted molar refractivity (Wildman–Crippen MR) is 147 cm³/mol. The van der Waals surface area contributed by atoms with Gasteiger partial charge in [-0.2, -0.15) is 0 Å². The Kier molecular flexibility index (Phi) is 16.9. The van der Waals surface area contributed by atoms with Crippen molar-refractivity contribution in [2.75, 3.05) is 26.5 Å². The van der Waals surface area contributed by atoms with E-state index in [-0.39, 0.29) is 19.4 Å². The molecule has 6 nitrogen and oxygen atoms in total. The van der Waals surface area contributed by atoms with Gasteiger partial charge in [-0.25, -0.2) is 4.79 Å².